The molecule has 5 nitrogen and oxygen atoms in total. The first-order valence-corrected chi connectivity index (χ1v) is 12.2. The fourth-order valence-electron chi connectivity index (χ4n) is 3.25. The number of halogens is 3. The van der Waals surface area contributed by atoms with Crippen LogP contribution < -0.4 is 4.90 Å². The van der Waals surface area contributed by atoms with Crippen LogP contribution in [0.1, 0.15) is 19.4 Å². The molecule has 0 N–H and O–H groups in total. The minimum Gasteiger partial charge on any atom is -0.350 e. The van der Waals surface area contributed by atoms with Gasteiger partial charge in [-0.3, -0.25) is 0 Å². The van der Waals surface area contributed by atoms with Gasteiger partial charge >= 0.3 is 0 Å². The summed E-state index contributed by atoms with van der Waals surface area (Å²) in [5.74, 6) is 0.685. The molecule has 0 amide bonds. The molecule has 1 aromatic carbocycles. The van der Waals surface area contributed by atoms with Crippen molar-refractivity contribution in [3.8, 4) is 0 Å². The molecule has 0 bridgehead atoms. The van der Waals surface area contributed by atoms with Crippen molar-refractivity contribution in [3.63, 3.8) is 0 Å². The van der Waals surface area contributed by atoms with Crippen molar-refractivity contribution in [2.45, 2.75) is 35.3 Å². The lowest BCUT2D eigenvalue weighted by Gasteiger charge is -2.44. The van der Waals surface area contributed by atoms with Gasteiger partial charge in [0.05, 0.1) is 9.92 Å². The molecule has 2 heterocycles. The molecule has 1 saturated heterocycles. The summed E-state index contributed by atoms with van der Waals surface area (Å²) in [4.78, 5) is 6.66. The molecule has 0 spiro atoms. The molecule has 0 saturated carbocycles. The van der Waals surface area contributed by atoms with Crippen LogP contribution >= 0.6 is 45.8 Å². The highest BCUT2D eigenvalue weighted by molar-refractivity contribution is 14.1. The summed E-state index contributed by atoms with van der Waals surface area (Å²) in [7, 11) is -3.64. The SMILES string of the molecule is C[C@@H]1CN(c2ncccc2Cl)[C@@H](C)CN1S(=O)(=O)c1ccc(CI)c(Cl)c1. The standard InChI is InChI=1S/C18H20Cl2IN3O2S/c1-12-11-24(13(2)10-23(12)18-16(19)4-3-7-22-18)27(25,26)15-6-5-14(9-21)17(20)8-15/h3-8,12-13H,9-11H2,1-2H3/t12-,13+/m0/s1. The molecule has 0 unspecified atom stereocenters. The van der Waals surface area contributed by atoms with Crippen molar-refractivity contribution in [3.05, 3.63) is 52.1 Å². The van der Waals surface area contributed by atoms with Crippen LogP contribution in [0.5, 0.6) is 0 Å². The molecule has 2 aromatic rings. The van der Waals surface area contributed by atoms with E-state index in [-0.39, 0.29) is 17.0 Å². The van der Waals surface area contributed by atoms with Crippen LogP contribution in [0.25, 0.3) is 0 Å². The van der Waals surface area contributed by atoms with Crippen LogP contribution in [0.3, 0.4) is 0 Å². The first-order chi connectivity index (χ1) is 12.8. The fraction of sp³-hybridized carbons (Fsp3) is 0.389. The Morgan fingerprint density at radius 1 is 1.15 bits per heavy atom. The van der Waals surface area contributed by atoms with Gasteiger partial charge in [-0.15, -0.1) is 0 Å². The number of sulfonamides is 1. The molecule has 2 atom stereocenters. The van der Waals surface area contributed by atoms with Crippen LogP contribution in [0.15, 0.2) is 41.4 Å². The third-order valence-electron chi connectivity index (χ3n) is 4.71. The van der Waals surface area contributed by atoms with E-state index >= 15 is 0 Å². The van der Waals surface area contributed by atoms with Gasteiger partial charge in [-0.25, -0.2) is 13.4 Å². The van der Waals surface area contributed by atoms with Crippen LogP contribution in [-0.4, -0.2) is 42.9 Å². The first-order valence-electron chi connectivity index (χ1n) is 8.49. The monoisotopic (exact) mass is 539 g/mol. The Bertz CT molecular complexity index is 942. The Kier molecular flexibility index (Phi) is 6.57. The van der Waals surface area contributed by atoms with Crippen molar-refractivity contribution >= 4 is 61.6 Å². The number of piperazine rings is 1. The highest BCUT2D eigenvalue weighted by Gasteiger charge is 2.38. The second-order valence-electron chi connectivity index (χ2n) is 6.62. The number of benzene rings is 1. The number of aromatic nitrogens is 1. The third-order valence-corrected chi connectivity index (χ3v) is 8.16. The number of rotatable bonds is 4. The number of pyridine rings is 1. The van der Waals surface area contributed by atoms with E-state index in [0.29, 0.717) is 29.0 Å². The van der Waals surface area contributed by atoms with Crippen LogP contribution in [0, 0.1) is 0 Å². The summed E-state index contributed by atoms with van der Waals surface area (Å²) in [6.45, 7) is 4.73. The zero-order valence-electron chi connectivity index (χ0n) is 14.9. The minimum atomic E-state index is -3.64. The Hall–Kier alpha value is -0.610. The van der Waals surface area contributed by atoms with Crippen LogP contribution in [0.2, 0.25) is 10.0 Å². The molecule has 1 fully saturated rings. The quantitative estimate of drug-likeness (QED) is 0.420. The average molecular weight is 540 g/mol. The van der Waals surface area contributed by atoms with Crippen molar-refractivity contribution in [1.82, 2.24) is 9.29 Å². The maximum Gasteiger partial charge on any atom is 0.243 e. The largest absolute Gasteiger partial charge is 0.350 e. The molecule has 1 aliphatic heterocycles. The van der Waals surface area contributed by atoms with E-state index in [1.54, 1.807) is 40.8 Å². The van der Waals surface area contributed by atoms with Gasteiger partial charge in [0, 0.05) is 40.8 Å². The second kappa shape index (κ2) is 8.41. The molecular weight excluding hydrogens is 520 g/mol. The van der Waals surface area contributed by atoms with Crippen molar-refractivity contribution in [2.75, 3.05) is 18.0 Å². The Morgan fingerprint density at radius 2 is 1.89 bits per heavy atom. The first kappa shape index (κ1) is 21.1. The normalized spacial score (nSPS) is 21.4. The van der Waals surface area contributed by atoms with Crippen molar-refractivity contribution < 1.29 is 8.42 Å². The molecule has 0 radical (unpaired) electrons. The second-order valence-corrected chi connectivity index (χ2v) is 10.1. The Balaban J connectivity index is 1.88. The summed E-state index contributed by atoms with van der Waals surface area (Å²) < 4.78 is 28.7. The molecule has 0 aliphatic carbocycles. The lowest BCUT2D eigenvalue weighted by molar-refractivity contribution is 0.272. The van der Waals surface area contributed by atoms with Crippen LogP contribution in [-0.2, 0) is 14.5 Å². The van der Waals surface area contributed by atoms with Gasteiger partial charge in [0.2, 0.25) is 10.0 Å². The smallest absolute Gasteiger partial charge is 0.243 e. The zero-order chi connectivity index (χ0) is 19.8. The van der Waals surface area contributed by atoms with Gasteiger partial charge in [0.15, 0.2) is 0 Å². The number of anilines is 1. The molecule has 1 aliphatic rings. The summed E-state index contributed by atoms with van der Waals surface area (Å²) >= 11 is 14.7. The van der Waals surface area contributed by atoms with Gasteiger partial charge < -0.3 is 4.90 Å². The number of alkyl halides is 1. The van der Waals surface area contributed by atoms with Gasteiger partial charge in [0.1, 0.15) is 5.82 Å². The van der Waals surface area contributed by atoms with E-state index < -0.39 is 10.0 Å². The minimum absolute atomic E-state index is 0.0625. The molecular formula is C18H20Cl2IN3O2S. The number of nitrogens with zero attached hydrogens (tertiary/aromatic N) is 3. The highest BCUT2D eigenvalue weighted by Crippen LogP contribution is 2.31. The third kappa shape index (κ3) is 4.22. The van der Waals surface area contributed by atoms with Crippen molar-refractivity contribution in [1.29, 1.82) is 0 Å². The summed E-state index contributed by atoms with van der Waals surface area (Å²) in [6.07, 6.45) is 1.69. The number of hydrogen-bond acceptors (Lipinski definition) is 4. The summed E-state index contributed by atoms with van der Waals surface area (Å²) in [5, 5.41) is 1.04. The highest BCUT2D eigenvalue weighted by atomic mass is 127. The summed E-state index contributed by atoms with van der Waals surface area (Å²) in [5.41, 5.74) is 0.923. The molecule has 9 heteroatoms. The van der Waals surface area contributed by atoms with E-state index in [2.05, 4.69) is 32.5 Å². The van der Waals surface area contributed by atoms with E-state index in [4.69, 9.17) is 23.2 Å². The topological polar surface area (TPSA) is 53.5 Å². The lowest BCUT2D eigenvalue weighted by atomic mass is 10.1. The lowest BCUT2D eigenvalue weighted by Crippen LogP contribution is -2.58. The maximum absolute atomic E-state index is 13.2. The number of hydrogen-bond donors (Lipinski definition) is 0. The van der Waals surface area contributed by atoms with Gasteiger partial charge in [-0.05, 0) is 43.7 Å². The van der Waals surface area contributed by atoms with Gasteiger partial charge in [-0.2, -0.15) is 4.31 Å². The van der Waals surface area contributed by atoms with E-state index in [0.717, 1.165) is 9.99 Å². The van der Waals surface area contributed by atoms with Gasteiger partial charge in [0.25, 0.3) is 0 Å². The maximum atomic E-state index is 13.2. The molecule has 27 heavy (non-hydrogen) atoms. The van der Waals surface area contributed by atoms with E-state index in [9.17, 15) is 8.42 Å². The van der Waals surface area contributed by atoms with Gasteiger partial charge in [-0.1, -0.05) is 51.9 Å². The predicted molar refractivity (Wildman–Crippen MR) is 119 cm³/mol. The molecule has 1 aromatic heterocycles. The zero-order valence-corrected chi connectivity index (χ0v) is 19.4. The fourth-order valence-corrected chi connectivity index (χ4v) is 6.41. The molecule has 3 rings (SSSR count). The van der Waals surface area contributed by atoms with E-state index in [1.807, 2.05) is 13.8 Å². The van der Waals surface area contributed by atoms with Crippen molar-refractivity contribution in [2.24, 2.45) is 0 Å². The Morgan fingerprint density at radius 3 is 2.52 bits per heavy atom. The van der Waals surface area contributed by atoms with Crippen LogP contribution in [0.4, 0.5) is 5.82 Å². The predicted octanol–water partition coefficient (Wildman–Crippen LogP) is 4.61. The Labute approximate surface area is 183 Å². The summed E-state index contributed by atoms with van der Waals surface area (Å²) in [6, 6.07) is 8.24. The molecule has 146 valence electrons. The average Bonchev–Trinajstić information content (AvgIpc) is 2.63. The van der Waals surface area contributed by atoms with E-state index in [1.165, 1.54) is 0 Å².